The molecule has 1 rings (SSSR count). The molecule has 0 bridgehead atoms. The van der Waals surface area contributed by atoms with Gasteiger partial charge in [-0.15, -0.1) is 0 Å². The highest BCUT2D eigenvalue weighted by Gasteiger charge is 2.21. The maximum atomic E-state index is 10.6. The van der Waals surface area contributed by atoms with Crippen molar-refractivity contribution in [1.82, 2.24) is 4.90 Å². The average molecular weight is 159 g/mol. The highest BCUT2D eigenvalue weighted by molar-refractivity contribution is 5.73. The van der Waals surface area contributed by atoms with E-state index in [1.54, 1.807) is 4.90 Å². The van der Waals surface area contributed by atoms with E-state index in [-0.39, 0.29) is 12.0 Å². The summed E-state index contributed by atoms with van der Waals surface area (Å²) in [5.74, 6) is 0.0616. The number of carbonyl (C=O) groups excluding carboxylic acids is 1. The molecule has 0 aromatic heterocycles. The van der Waals surface area contributed by atoms with Gasteiger partial charge in [0.2, 0.25) is 5.91 Å². The van der Waals surface area contributed by atoms with Crippen LogP contribution in [0, 0.1) is 0 Å². The standard InChI is InChI=1S/C6H11NO2.C2H6/c1-5(8)7-3-2-6(9)4-7;1-2/h6,9H,2-4H2,1H3;1-2H3/t6-;/m1./s1. The fraction of sp³-hybridized carbons (Fsp3) is 0.875. The van der Waals surface area contributed by atoms with Gasteiger partial charge in [-0.1, -0.05) is 13.8 Å². The lowest BCUT2D eigenvalue weighted by atomic mass is 10.3. The molecule has 1 atom stereocenters. The van der Waals surface area contributed by atoms with Gasteiger partial charge in [0.1, 0.15) is 0 Å². The van der Waals surface area contributed by atoms with E-state index in [9.17, 15) is 4.79 Å². The predicted octanol–water partition coefficient (Wildman–Crippen LogP) is 0.626. The van der Waals surface area contributed by atoms with Crippen LogP contribution in [0.5, 0.6) is 0 Å². The van der Waals surface area contributed by atoms with Crippen LogP contribution < -0.4 is 0 Å². The monoisotopic (exact) mass is 159 g/mol. The summed E-state index contributed by atoms with van der Waals surface area (Å²) in [6.07, 6.45) is 0.452. The Morgan fingerprint density at radius 1 is 1.55 bits per heavy atom. The van der Waals surface area contributed by atoms with Crippen molar-refractivity contribution >= 4 is 5.91 Å². The van der Waals surface area contributed by atoms with Crippen molar-refractivity contribution in [2.24, 2.45) is 0 Å². The van der Waals surface area contributed by atoms with Gasteiger partial charge in [-0.05, 0) is 6.42 Å². The summed E-state index contributed by atoms with van der Waals surface area (Å²) >= 11 is 0. The largest absolute Gasteiger partial charge is 0.391 e. The topological polar surface area (TPSA) is 40.5 Å². The van der Waals surface area contributed by atoms with Crippen LogP contribution >= 0.6 is 0 Å². The Bertz CT molecular complexity index is 125. The Labute approximate surface area is 68.0 Å². The van der Waals surface area contributed by atoms with E-state index in [4.69, 9.17) is 5.11 Å². The van der Waals surface area contributed by atoms with Crippen LogP contribution in [0.4, 0.5) is 0 Å². The van der Waals surface area contributed by atoms with E-state index in [1.807, 2.05) is 13.8 Å². The zero-order chi connectivity index (χ0) is 8.85. The first-order valence-electron chi connectivity index (χ1n) is 4.13. The molecular formula is C8H17NO2. The van der Waals surface area contributed by atoms with Gasteiger partial charge in [-0.25, -0.2) is 0 Å². The summed E-state index contributed by atoms with van der Waals surface area (Å²) in [4.78, 5) is 12.3. The van der Waals surface area contributed by atoms with Crippen LogP contribution in [0.1, 0.15) is 27.2 Å². The van der Waals surface area contributed by atoms with Crippen molar-refractivity contribution in [2.45, 2.75) is 33.3 Å². The number of nitrogens with zero attached hydrogens (tertiary/aromatic N) is 1. The number of β-amino-alcohol motifs (C(OH)–C–C–N with tert-alkyl or cyclic N) is 1. The number of aliphatic hydroxyl groups is 1. The maximum Gasteiger partial charge on any atom is 0.219 e. The molecule has 0 aromatic rings. The molecule has 0 spiro atoms. The number of aliphatic hydroxyl groups excluding tert-OH is 1. The number of hydrogen-bond donors (Lipinski definition) is 1. The zero-order valence-corrected chi connectivity index (χ0v) is 7.50. The molecule has 1 saturated heterocycles. The van der Waals surface area contributed by atoms with Gasteiger partial charge in [0.25, 0.3) is 0 Å². The molecule has 3 nitrogen and oxygen atoms in total. The molecule has 0 aliphatic carbocycles. The molecule has 0 unspecified atom stereocenters. The van der Waals surface area contributed by atoms with Crippen molar-refractivity contribution in [3.8, 4) is 0 Å². The first-order chi connectivity index (χ1) is 5.20. The highest BCUT2D eigenvalue weighted by atomic mass is 16.3. The second-order valence-corrected chi connectivity index (χ2v) is 2.41. The molecule has 11 heavy (non-hydrogen) atoms. The molecule has 3 heteroatoms. The minimum absolute atomic E-state index is 0.0616. The van der Waals surface area contributed by atoms with E-state index in [2.05, 4.69) is 0 Å². The number of carbonyl (C=O) groups is 1. The molecule has 1 fully saturated rings. The van der Waals surface area contributed by atoms with Crippen molar-refractivity contribution in [1.29, 1.82) is 0 Å². The Balaban J connectivity index is 0.000000461. The minimum atomic E-state index is -0.283. The molecule has 1 heterocycles. The Hall–Kier alpha value is -0.570. The first-order valence-corrected chi connectivity index (χ1v) is 4.13. The average Bonchev–Trinajstić information content (AvgIpc) is 2.40. The molecule has 1 aliphatic heterocycles. The number of likely N-dealkylation sites (tertiary alicyclic amines) is 1. The van der Waals surface area contributed by atoms with Crippen molar-refractivity contribution in [2.75, 3.05) is 13.1 Å². The summed E-state index contributed by atoms with van der Waals surface area (Å²) in [6, 6.07) is 0. The molecule has 0 radical (unpaired) electrons. The van der Waals surface area contributed by atoms with Gasteiger partial charge in [0, 0.05) is 20.0 Å². The molecular weight excluding hydrogens is 142 g/mol. The number of hydrogen-bond acceptors (Lipinski definition) is 2. The summed E-state index contributed by atoms with van der Waals surface area (Å²) in [7, 11) is 0. The highest BCUT2D eigenvalue weighted by Crippen LogP contribution is 2.07. The second-order valence-electron chi connectivity index (χ2n) is 2.41. The second kappa shape index (κ2) is 5.13. The third-order valence-electron chi connectivity index (χ3n) is 1.61. The predicted molar refractivity (Wildman–Crippen MR) is 44.2 cm³/mol. The van der Waals surface area contributed by atoms with Crippen LogP contribution in [-0.2, 0) is 4.79 Å². The Morgan fingerprint density at radius 2 is 2.09 bits per heavy atom. The van der Waals surface area contributed by atoms with Gasteiger partial charge < -0.3 is 10.0 Å². The van der Waals surface area contributed by atoms with Crippen molar-refractivity contribution < 1.29 is 9.90 Å². The molecule has 1 N–H and O–H groups in total. The van der Waals surface area contributed by atoms with E-state index in [1.165, 1.54) is 6.92 Å². The van der Waals surface area contributed by atoms with Gasteiger partial charge in [-0.3, -0.25) is 4.79 Å². The molecule has 0 aromatic carbocycles. The Morgan fingerprint density at radius 3 is 2.27 bits per heavy atom. The third-order valence-corrected chi connectivity index (χ3v) is 1.61. The van der Waals surface area contributed by atoms with E-state index in [0.717, 1.165) is 13.0 Å². The van der Waals surface area contributed by atoms with Crippen molar-refractivity contribution in [3.05, 3.63) is 0 Å². The summed E-state index contributed by atoms with van der Waals surface area (Å²) < 4.78 is 0. The summed E-state index contributed by atoms with van der Waals surface area (Å²) in [5.41, 5.74) is 0. The van der Waals surface area contributed by atoms with Crippen LogP contribution in [0.2, 0.25) is 0 Å². The molecule has 1 aliphatic rings. The summed E-state index contributed by atoms with van der Waals surface area (Å²) in [6.45, 7) is 6.77. The van der Waals surface area contributed by atoms with E-state index < -0.39 is 0 Å². The Kier molecular flexibility index (Phi) is 4.86. The van der Waals surface area contributed by atoms with E-state index in [0.29, 0.717) is 6.54 Å². The SMILES string of the molecule is CC.CC(=O)N1CC[C@@H](O)C1. The van der Waals surface area contributed by atoms with Crippen LogP contribution in [-0.4, -0.2) is 35.1 Å². The number of amides is 1. The fourth-order valence-electron chi connectivity index (χ4n) is 1.03. The smallest absolute Gasteiger partial charge is 0.219 e. The maximum absolute atomic E-state index is 10.6. The lowest BCUT2D eigenvalue weighted by Gasteiger charge is -2.10. The molecule has 66 valence electrons. The third kappa shape index (κ3) is 3.37. The van der Waals surface area contributed by atoms with Gasteiger partial charge >= 0.3 is 0 Å². The van der Waals surface area contributed by atoms with Gasteiger partial charge in [0.05, 0.1) is 6.10 Å². The minimum Gasteiger partial charge on any atom is -0.391 e. The first kappa shape index (κ1) is 10.4. The van der Waals surface area contributed by atoms with Crippen LogP contribution in [0.3, 0.4) is 0 Å². The lowest BCUT2D eigenvalue weighted by Crippen LogP contribution is -2.26. The van der Waals surface area contributed by atoms with Crippen LogP contribution in [0.15, 0.2) is 0 Å². The van der Waals surface area contributed by atoms with Crippen molar-refractivity contribution in [3.63, 3.8) is 0 Å². The summed E-state index contributed by atoms with van der Waals surface area (Å²) in [5, 5.41) is 8.95. The fourth-order valence-corrected chi connectivity index (χ4v) is 1.03. The zero-order valence-electron chi connectivity index (χ0n) is 7.50. The van der Waals surface area contributed by atoms with Crippen LogP contribution in [0.25, 0.3) is 0 Å². The quantitative estimate of drug-likeness (QED) is 0.563. The molecule has 1 amide bonds. The lowest BCUT2D eigenvalue weighted by molar-refractivity contribution is -0.128. The van der Waals surface area contributed by atoms with Gasteiger partial charge in [0.15, 0.2) is 0 Å². The van der Waals surface area contributed by atoms with E-state index >= 15 is 0 Å². The number of rotatable bonds is 0. The normalized spacial score (nSPS) is 22.5. The molecule has 0 saturated carbocycles. The van der Waals surface area contributed by atoms with Gasteiger partial charge in [-0.2, -0.15) is 0 Å².